The number of ketones is 1. The fourth-order valence-corrected chi connectivity index (χ4v) is 3.40. The van der Waals surface area contributed by atoms with Gasteiger partial charge >= 0.3 is 0 Å². The molecule has 3 rings (SSSR count). The molecule has 0 amide bonds. The molecule has 0 saturated carbocycles. The van der Waals surface area contributed by atoms with Gasteiger partial charge in [-0.3, -0.25) is 4.79 Å². The first kappa shape index (κ1) is 21.3. The second-order valence-corrected chi connectivity index (χ2v) is 7.23. The number of ether oxygens (including phenoxy) is 1. The van der Waals surface area contributed by atoms with Crippen LogP contribution in [0.2, 0.25) is 0 Å². The van der Waals surface area contributed by atoms with Gasteiger partial charge in [0.15, 0.2) is 11.5 Å². The molecule has 0 unspecified atom stereocenters. The van der Waals surface area contributed by atoms with Gasteiger partial charge in [-0.15, -0.1) is 0 Å². The van der Waals surface area contributed by atoms with Crippen LogP contribution in [0, 0.1) is 0 Å². The van der Waals surface area contributed by atoms with Crippen molar-refractivity contribution < 1.29 is 19.2 Å². The third kappa shape index (κ3) is 5.57. The predicted molar refractivity (Wildman–Crippen MR) is 121 cm³/mol. The van der Waals surface area contributed by atoms with E-state index in [9.17, 15) is 9.90 Å². The van der Waals surface area contributed by atoms with Crippen LogP contribution in [0.3, 0.4) is 0 Å². The molecule has 0 spiro atoms. The molecule has 2 aliphatic carbocycles. The van der Waals surface area contributed by atoms with Crippen molar-refractivity contribution in [2.45, 2.75) is 27.2 Å². The summed E-state index contributed by atoms with van der Waals surface area (Å²) in [6.45, 7) is 8.22. The van der Waals surface area contributed by atoms with E-state index in [1.165, 1.54) is 11.8 Å². The Morgan fingerprint density at radius 1 is 1.07 bits per heavy atom. The zero-order valence-corrected chi connectivity index (χ0v) is 17.8. The summed E-state index contributed by atoms with van der Waals surface area (Å²) >= 11 is 0. The number of nitrogens with zero attached hydrogens (tertiary/aromatic N) is 1. The maximum atomic E-state index is 11.6. The molecule has 0 aromatic heterocycles. The maximum Gasteiger partial charge on any atom is 0.201 e. The van der Waals surface area contributed by atoms with Crippen LogP contribution >= 0.6 is 0 Å². The Morgan fingerprint density at radius 2 is 1.80 bits per heavy atom. The molecule has 0 aromatic rings. The molecule has 0 bridgehead atoms. The molecule has 154 valence electrons. The van der Waals surface area contributed by atoms with E-state index >= 15 is 0 Å². The molecule has 0 saturated heterocycles. The topological polar surface area (TPSA) is 49.5 Å². The van der Waals surface area contributed by atoms with Gasteiger partial charge in [-0.1, -0.05) is 24.3 Å². The van der Waals surface area contributed by atoms with Crippen molar-refractivity contribution in [2.75, 3.05) is 13.1 Å². The minimum absolute atomic E-state index is 0.179. The van der Waals surface area contributed by atoms with E-state index in [0.29, 0.717) is 0 Å². The van der Waals surface area contributed by atoms with Crippen LogP contribution in [-0.2, 0) is 9.53 Å². The number of carbonyl (C=O) groups is 1. The summed E-state index contributed by atoms with van der Waals surface area (Å²) in [5, 5.41) is 9.37. The van der Waals surface area contributed by atoms with E-state index in [2.05, 4.69) is 42.7 Å². The lowest BCUT2D eigenvalue weighted by Gasteiger charge is -2.14. The van der Waals surface area contributed by atoms with E-state index in [1.807, 2.05) is 43.4 Å². The Hall–Kier alpha value is -3.40. The molecule has 4 heteroatoms. The quantitative estimate of drug-likeness (QED) is 0.645. The van der Waals surface area contributed by atoms with Crippen molar-refractivity contribution in [1.29, 1.82) is 0 Å². The van der Waals surface area contributed by atoms with E-state index < -0.39 is 0 Å². The molecule has 0 radical (unpaired) electrons. The highest BCUT2D eigenvalue weighted by atomic mass is 16.5. The van der Waals surface area contributed by atoms with Gasteiger partial charge in [0.25, 0.3) is 0 Å². The zero-order chi connectivity index (χ0) is 21.5. The average Bonchev–Trinajstić information content (AvgIpc) is 2.72. The molecule has 1 aliphatic heterocycles. The van der Waals surface area contributed by atoms with E-state index in [1.54, 1.807) is 6.08 Å². The Morgan fingerprint density at radius 3 is 2.47 bits per heavy atom. The third-order valence-electron chi connectivity index (χ3n) is 4.99. The normalized spacial score (nSPS) is 20.1. The lowest BCUT2D eigenvalue weighted by molar-refractivity contribution is -0.519. The number of carbonyl (C=O) groups excluding carboxylic acids is 1. The fraction of sp³-hybridized carbons (Fsp3) is 0.231. The minimum Gasteiger partial charge on any atom is -0.504 e. The molecular weight excluding hydrogens is 374 g/mol. The Bertz CT molecular complexity index is 1010. The molecule has 1 N–H and O–H groups in total. The standard InChI is InChI=1S/C26H27NO3/c1-4-27(5-2)23-12-9-21(10-13-23)16-24-17-22(15-19(3)30-24)8-6-7-20-11-14-25(28)26(29)18-20/h6-17H,4-5,18H2,1-3H3/p+1. The van der Waals surface area contributed by atoms with Crippen molar-refractivity contribution in [2.24, 2.45) is 0 Å². The molecule has 1 heterocycles. The van der Waals surface area contributed by atoms with Crippen molar-refractivity contribution >= 4 is 11.5 Å². The van der Waals surface area contributed by atoms with Crippen molar-refractivity contribution in [3.8, 4) is 0 Å². The summed E-state index contributed by atoms with van der Waals surface area (Å²) in [4.78, 5) is 11.6. The van der Waals surface area contributed by atoms with Gasteiger partial charge in [-0.05, 0) is 73.9 Å². The first-order chi connectivity index (χ1) is 14.5. The highest BCUT2D eigenvalue weighted by Crippen LogP contribution is 2.22. The van der Waals surface area contributed by atoms with Crippen LogP contribution in [0.4, 0.5) is 0 Å². The minimum atomic E-state index is -0.254. The largest absolute Gasteiger partial charge is 0.504 e. The first-order valence-corrected chi connectivity index (χ1v) is 10.3. The predicted octanol–water partition coefficient (Wildman–Crippen LogP) is 5.17. The van der Waals surface area contributed by atoms with Crippen LogP contribution in [0.25, 0.3) is 0 Å². The number of hydrogen-bond acceptors (Lipinski definition) is 3. The van der Waals surface area contributed by atoms with Crippen LogP contribution in [0.15, 0.2) is 107 Å². The fourth-order valence-electron chi connectivity index (χ4n) is 3.40. The van der Waals surface area contributed by atoms with Gasteiger partial charge in [0.2, 0.25) is 5.78 Å². The summed E-state index contributed by atoms with van der Waals surface area (Å²) in [6.07, 6.45) is 23.6. The van der Waals surface area contributed by atoms with Crippen molar-refractivity contribution in [3.63, 3.8) is 0 Å². The number of rotatable bonds is 5. The van der Waals surface area contributed by atoms with Crippen LogP contribution < -0.4 is 0 Å². The van der Waals surface area contributed by atoms with E-state index in [-0.39, 0.29) is 18.0 Å². The molecule has 0 aromatic carbocycles. The maximum absolute atomic E-state index is 11.6. The van der Waals surface area contributed by atoms with Crippen LogP contribution in [0.5, 0.6) is 0 Å². The summed E-state index contributed by atoms with van der Waals surface area (Å²) in [5.74, 6) is 1.17. The van der Waals surface area contributed by atoms with Gasteiger partial charge in [0.05, 0.1) is 0 Å². The van der Waals surface area contributed by atoms with Crippen LogP contribution in [0.1, 0.15) is 27.2 Å². The average molecular weight is 403 g/mol. The van der Waals surface area contributed by atoms with Gasteiger partial charge in [0.1, 0.15) is 24.6 Å². The highest BCUT2D eigenvalue weighted by molar-refractivity contribution is 6.02. The second-order valence-electron chi connectivity index (χ2n) is 7.23. The number of Topliss-reactive ketones (excluding diaryl/α,β-unsaturated/α-hetero) is 1. The molecule has 4 nitrogen and oxygen atoms in total. The van der Waals surface area contributed by atoms with Gasteiger partial charge in [0, 0.05) is 18.6 Å². The number of aliphatic hydroxyl groups excluding tert-OH is 1. The van der Waals surface area contributed by atoms with E-state index in [4.69, 9.17) is 4.74 Å². The lowest BCUT2D eigenvalue weighted by Crippen LogP contribution is -2.19. The number of allylic oxidation sites excluding steroid dienone is 17. The molecule has 0 atom stereocenters. The molecule has 3 aliphatic rings. The highest BCUT2D eigenvalue weighted by Gasteiger charge is 2.13. The number of hydrogen-bond donors (Lipinski definition) is 1. The van der Waals surface area contributed by atoms with Crippen molar-refractivity contribution in [1.82, 2.24) is 0 Å². The summed E-state index contributed by atoms with van der Waals surface area (Å²) < 4.78 is 8.17. The van der Waals surface area contributed by atoms with E-state index in [0.717, 1.165) is 41.3 Å². The zero-order valence-electron chi connectivity index (χ0n) is 17.8. The van der Waals surface area contributed by atoms with Gasteiger partial charge < -0.3 is 9.84 Å². The van der Waals surface area contributed by atoms with Gasteiger partial charge in [-0.2, -0.15) is 0 Å². The Labute approximate surface area is 178 Å². The van der Waals surface area contributed by atoms with Gasteiger partial charge in [-0.25, -0.2) is 4.58 Å². The molecular formula is C26H28NO3+. The molecule has 30 heavy (non-hydrogen) atoms. The SMILES string of the molecule is CC[N+](CC)=C1C=CC(=CC2=CC(=CC=CC3=CC=C(O)C(=O)C3)C=C(C)O2)C=C1. The Kier molecular flexibility index (Phi) is 7.02. The summed E-state index contributed by atoms with van der Waals surface area (Å²) in [7, 11) is 0. The second kappa shape index (κ2) is 9.88. The smallest absolute Gasteiger partial charge is 0.201 e. The Balaban J connectivity index is 1.74. The molecule has 0 fully saturated rings. The summed E-state index contributed by atoms with van der Waals surface area (Å²) in [5.41, 5.74) is 4.18. The number of aliphatic hydroxyl groups is 1. The van der Waals surface area contributed by atoms with Crippen LogP contribution in [-0.4, -0.2) is 34.3 Å². The van der Waals surface area contributed by atoms with Crippen molar-refractivity contribution in [3.05, 3.63) is 107 Å². The monoisotopic (exact) mass is 402 g/mol. The third-order valence-corrected chi connectivity index (χ3v) is 4.99. The lowest BCUT2D eigenvalue weighted by atomic mass is 10.0. The summed E-state index contributed by atoms with van der Waals surface area (Å²) in [6, 6.07) is 0. The first-order valence-electron chi connectivity index (χ1n) is 10.3.